The van der Waals surface area contributed by atoms with Gasteiger partial charge >= 0.3 is 17.9 Å². The van der Waals surface area contributed by atoms with Crippen LogP contribution < -0.4 is 0 Å². The number of aliphatic hydroxyl groups is 3. The molecule has 0 radical (unpaired) electrons. The summed E-state index contributed by atoms with van der Waals surface area (Å²) in [6.45, 7) is 6.84. The number of aliphatic hydroxyl groups excluding tert-OH is 3. The van der Waals surface area contributed by atoms with Crippen LogP contribution in [0.5, 0.6) is 0 Å². The molecule has 0 aromatic rings. The highest BCUT2D eigenvalue weighted by atomic mass is 16.4. The smallest absolute Gasteiger partial charge is 0.332 e. The lowest BCUT2D eigenvalue weighted by molar-refractivity contribution is -0.146. The Kier molecular flexibility index (Phi) is 38.3. The molecule has 15 nitrogen and oxygen atoms in total. The van der Waals surface area contributed by atoms with Crippen molar-refractivity contribution in [2.75, 3.05) is 0 Å². The lowest BCUT2D eigenvalue weighted by Crippen LogP contribution is -2.13. The zero-order chi connectivity index (χ0) is 26.2. The number of carboxylic acid groups (broad SMARTS) is 6. The largest absolute Gasteiger partial charge is 0.481 e. The van der Waals surface area contributed by atoms with Crippen molar-refractivity contribution in [2.45, 2.75) is 59.9 Å². The molecule has 9 N–H and O–H groups in total. The van der Waals surface area contributed by atoms with Crippen LogP contribution in [0.2, 0.25) is 0 Å². The van der Waals surface area contributed by atoms with Gasteiger partial charge in [0.1, 0.15) is 18.3 Å². The molecule has 3 unspecified atom stereocenters. The Bertz CT molecular complexity index is 411. The normalized spacial score (nSPS) is 10.7. The second-order valence-corrected chi connectivity index (χ2v) is 4.60. The SMILES string of the molecule is CC(=O)O.CC(=O)O.CC(=O)O.CC(O)C(=O)O.CC(O)C(=O)O.CC(O)C(=O)O. The van der Waals surface area contributed by atoms with Gasteiger partial charge in [0, 0.05) is 20.8 Å². The van der Waals surface area contributed by atoms with Crippen molar-refractivity contribution in [1.82, 2.24) is 0 Å². The molecule has 0 amide bonds. The Balaban J connectivity index is -0.0000000583. The lowest BCUT2D eigenvalue weighted by Gasteiger charge is -1.89. The molecule has 0 aliphatic carbocycles. The van der Waals surface area contributed by atoms with Crippen LogP contribution in [0.25, 0.3) is 0 Å². The van der Waals surface area contributed by atoms with E-state index in [1.807, 2.05) is 0 Å². The second kappa shape index (κ2) is 27.9. The van der Waals surface area contributed by atoms with E-state index >= 15 is 0 Å². The predicted molar refractivity (Wildman–Crippen MR) is 97.9 cm³/mol. The number of carboxylic acids is 6. The van der Waals surface area contributed by atoms with Gasteiger partial charge in [-0.25, -0.2) is 14.4 Å². The molecule has 0 aromatic heterocycles. The Morgan fingerprint density at radius 1 is 0.433 bits per heavy atom. The minimum atomic E-state index is -1.23. The van der Waals surface area contributed by atoms with Crippen LogP contribution in [0, 0.1) is 0 Å². The summed E-state index contributed by atoms with van der Waals surface area (Å²) in [5.74, 6) is -6.06. The fraction of sp³-hybridized carbons (Fsp3) is 0.600. The molecular formula is C15H30O15. The molecule has 0 bridgehead atoms. The average Bonchev–Trinajstić information content (AvgIpc) is 2.46. The minimum Gasteiger partial charge on any atom is -0.481 e. The first-order valence-electron chi connectivity index (χ1n) is 7.44. The van der Waals surface area contributed by atoms with Crippen molar-refractivity contribution in [1.29, 1.82) is 0 Å². The van der Waals surface area contributed by atoms with Crippen molar-refractivity contribution < 1.29 is 74.7 Å². The zero-order valence-electron chi connectivity index (χ0n) is 17.2. The summed E-state index contributed by atoms with van der Waals surface area (Å²) in [6.07, 6.45) is -3.69. The van der Waals surface area contributed by atoms with E-state index in [0.29, 0.717) is 0 Å². The number of aliphatic carboxylic acids is 6. The van der Waals surface area contributed by atoms with E-state index in [1.54, 1.807) is 0 Å². The highest BCUT2D eigenvalue weighted by molar-refractivity contribution is 5.71. The van der Waals surface area contributed by atoms with E-state index in [2.05, 4.69) is 0 Å². The Morgan fingerprint density at radius 2 is 0.467 bits per heavy atom. The van der Waals surface area contributed by atoms with Gasteiger partial charge in [0.15, 0.2) is 0 Å². The third-order valence-electron chi connectivity index (χ3n) is 1.07. The first-order valence-corrected chi connectivity index (χ1v) is 7.44. The van der Waals surface area contributed by atoms with Crippen molar-refractivity contribution >= 4 is 35.8 Å². The fourth-order valence-corrected chi connectivity index (χ4v) is 0. The van der Waals surface area contributed by atoms with Gasteiger partial charge in [-0.2, -0.15) is 0 Å². The van der Waals surface area contributed by atoms with Crippen LogP contribution in [0.4, 0.5) is 0 Å². The monoisotopic (exact) mass is 450 g/mol. The van der Waals surface area contributed by atoms with Crippen molar-refractivity contribution in [3.8, 4) is 0 Å². The van der Waals surface area contributed by atoms with Crippen LogP contribution >= 0.6 is 0 Å². The van der Waals surface area contributed by atoms with Crippen molar-refractivity contribution in [3.05, 3.63) is 0 Å². The summed E-state index contributed by atoms with van der Waals surface area (Å²) in [5.41, 5.74) is 0. The molecule has 0 aromatic carbocycles. The molecule has 0 aliphatic heterocycles. The zero-order valence-corrected chi connectivity index (χ0v) is 17.2. The number of hydrogen-bond acceptors (Lipinski definition) is 9. The predicted octanol–water partition coefficient (Wildman–Crippen LogP) is -1.37. The van der Waals surface area contributed by atoms with Gasteiger partial charge in [0.2, 0.25) is 0 Å². The van der Waals surface area contributed by atoms with E-state index in [0.717, 1.165) is 20.8 Å². The second-order valence-electron chi connectivity index (χ2n) is 4.60. The van der Waals surface area contributed by atoms with Crippen molar-refractivity contribution in [2.24, 2.45) is 0 Å². The molecule has 0 saturated carbocycles. The van der Waals surface area contributed by atoms with Crippen LogP contribution in [-0.4, -0.2) is 100 Å². The molecule has 0 aliphatic rings. The summed E-state index contributed by atoms with van der Waals surface area (Å²) in [5, 5.41) is 69.6. The number of carbonyl (C=O) groups is 6. The number of hydrogen-bond donors (Lipinski definition) is 9. The summed E-state index contributed by atoms with van der Waals surface area (Å²) >= 11 is 0. The molecule has 180 valence electrons. The maximum atomic E-state index is 9.45. The molecule has 0 fully saturated rings. The van der Waals surface area contributed by atoms with Gasteiger partial charge in [-0.3, -0.25) is 14.4 Å². The summed E-state index contributed by atoms with van der Waals surface area (Å²) < 4.78 is 0. The van der Waals surface area contributed by atoms with Gasteiger partial charge in [0.05, 0.1) is 0 Å². The Hall–Kier alpha value is -3.30. The van der Waals surface area contributed by atoms with E-state index in [4.69, 9.17) is 60.3 Å². The molecular weight excluding hydrogens is 420 g/mol. The van der Waals surface area contributed by atoms with E-state index < -0.39 is 54.1 Å². The molecule has 0 spiro atoms. The Morgan fingerprint density at radius 3 is 0.467 bits per heavy atom. The van der Waals surface area contributed by atoms with Gasteiger partial charge in [-0.15, -0.1) is 0 Å². The first kappa shape index (κ1) is 41.2. The van der Waals surface area contributed by atoms with Gasteiger partial charge in [0.25, 0.3) is 17.9 Å². The molecule has 0 heterocycles. The summed E-state index contributed by atoms with van der Waals surface area (Å²) in [4.78, 5) is 55.3. The highest BCUT2D eigenvalue weighted by Gasteiger charge is 2.02. The van der Waals surface area contributed by atoms with Crippen LogP contribution in [-0.2, 0) is 28.8 Å². The first-order chi connectivity index (χ1) is 13.1. The average molecular weight is 450 g/mol. The molecule has 30 heavy (non-hydrogen) atoms. The van der Waals surface area contributed by atoms with E-state index in [1.165, 1.54) is 20.8 Å². The molecule has 0 saturated heterocycles. The standard InChI is InChI=1S/3C3H6O3.3C2H4O2/c3*1-2(4)3(5)6;3*1-2(3)4/h3*2,4H,1H3,(H,5,6);3*1H3,(H,3,4). The van der Waals surface area contributed by atoms with E-state index in [-0.39, 0.29) is 0 Å². The number of rotatable bonds is 3. The van der Waals surface area contributed by atoms with E-state index in [9.17, 15) is 14.4 Å². The summed E-state index contributed by atoms with van der Waals surface area (Å²) in [6, 6.07) is 0. The summed E-state index contributed by atoms with van der Waals surface area (Å²) in [7, 11) is 0. The third kappa shape index (κ3) is 183. The maximum Gasteiger partial charge on any atom is 0.332 e. The fourth-order valence-electron chi connectivity index (χ4n) is 0. The quantitative estimate of drug-likeness (QED) is 0.239. The highest BCUT2D eigenvalue weighted by Crippen LogP contribution is 1.74. The maximum absolute atomic E-state index is 9.45. The minimum absolute atomic E-state index is 0.833. The van der Waals surface area contributed by atoms with Crippen LogP contribution in [0.15, 0.2) is 0 Å². The molecule has 15 heteroatoms. The van der Waals surface area contributed by atoms with Crippen LogP contribution in [0.3, 0.4) is 0 Å². The topological polar surface area (TPSA) is 284 Å². The van der Waals surface area contributed by atoms with Crippen LogP contribution in [0.1, 0.15) is 41.5 Å². The van der Waals surface area contributed by atoms with Gasteiger partial charge in [-0.1, -0.05) is 0 Å². The lowest BCUT2D eigenvalue weighted by atomic mass is 10.4. The Labute approximate surface area is 171 Å². The van der Waals surface area contributed by atoms with Crippen molar-refractivity contribution in [3.63, 3.8) is 0 Å². The molecule has 0 rings (SSSR count). The third-order valence-corrected chi connectivity index (χ3v) is 1.07. The van der Waals surface area contributed by atoms with Gasteiger partial charge in [-0.05, 0) is 20.8 Å². The van der Waals surface area contributed by atoms with Gasteiger partial charge < -0.3 is 46.0 Å². The molecule has 3 atom stereocenters.